The van der Waals surface area contributed by atoms with Crippen molar-refractivity contribution in [2.24, 2.45) is 0 Å². The molecule has 0 N–H and O–H groups in total. The fourth-order valence-electron chi connectivity index (χ4n) is 1.66. The van der Waals surface area contributed by atoms with E-state index in [1.54, 1.807) is 6.33 Å². The smallest absolute Gasteiger partial charge is 0.143 e. The Morgan fingerprint density at radius 3 is 2.68 bits per heavy atom. The highest BCUT2D eigenvalue weighted by Crippen LogP contribution is 2.11. The van der Waals surface area contributed by atoms with Crippen molar-refractivity contribution in [3.63, 3.8) is 0 Å². The molecule has 1 heterocycles. The van der Waals surface area contributed by atoms with Crippen molar-refractivity contribution in [3.05, 3.63) is 65.8 Å². The predicted octanol–water partition coefficient (Wildman–Crippen LogP) is 3.34. The molecule has 0 spiro atoms. The molecular formula is C16H16N2O. The van der Waals surface area contributed by atoms with Crippen molar-refractivity contribution in [1.82, 2.24) is 9.55 Å². The lowest BCUT2D eigenvalue weighted by molar-refractivity contribution is -0.104. The van der Waals surface area contributed by atoms with Gasteiger partial charge in [-0.1, -0.05) is 23.8 Å². The Kier molecular flexibility index (Phi) is 4.08. The van der Waals surface area contributed by atoms with Crippen LogP contribution >= 0.6 is 0 Å². The van der Waals surface area contributed by atoms with Crippen molar-refractivity contribution in [2.75, 3.05) is 0 Å². The molecule has 0 atom stereocenters. The number of aldehydes is 1. The molecule has 0 radical (unpaired) electrons. The minimum Gasteiger partial charge on any atom is -0.306 e. The number of aryl methyl sites for hydroxylation is 1. The van der Waals surface area contributed by atoms with Gasteiger partial charge in [-0.15, -0.1) is 0 Å². The molecule has 19 heavy (non-hydrogen) atoms. The highest BCUT2D eigenvalue weighted by atomic mass is 16.1. The summed E-state index contributed by atoms with van der Waals surface area (Å²) in [6, 6.07) is 8.26. The van der Waals surface area contributed by atoms with E-state index in [1.807, 2.05) is 29.8 Å². The van der Waals surface area contributed by atoms with Gasteiger partial charge < -0.3 is 4.57 Å². The van der Waals surface area contributed by atoms with Gasteiger partial charge in [0.2, 0.25) is 0 Å². The molecule has 0 amide bonds. The van der Waals surface area contributed by atoms with Crippen LogP contribution in [0.15, 0.2) is 54.5 Å². The Bertz CT molecular complexity index is 618. The second-order valence-corrected chi connectivity index (χ2v) is 4.42. The molecule has 3 heteroatoms. The van der Waals surface area contributed by atoms with Crippen LogP contribution in [0.25, 0.3) is 11.8 Å². The second-order valence-electron chi connectivity index (χ2n) is 4.42. The number of carbonyl (C=O) groups is 1. The molecule has 0 fully saturated rings. The molecule has 0 aliphatic carbocycles. The third kappa shape index (κ3) is 3.52. The maximum atomic E-state index is 10.3. The first-order chi connectivity index (χ1) is 9.19. The number of aromatic nitrogens is 2. The quantitative estimate of drug-likeness (QED) is 0.475. The molecule has 1 aromatic carbocycles. The molecule has 0 unspecified atom stereocenters. The first-order valence-corrected chi connectivity index (χ1v) is 6.10. The monoisotopic (exact) mass is 252 g/mol. The van der Waals surface area contributed by atoms with Crippen molar-refractivity contribution in [3.8, 4) is 5.69 Å². The number of imidazole rings is 1. The zero-order chi connectivity index (χ0) is 13.7. The Labute approximate surface area is 112 Å². The number of allylic oxidation sites excluding steroid dienone is 3. The van der Waals surface area contributed by atoms with Crippen LogP contribution in [-0.2, 0) is 4.79 Å². The maximum Gasteiger partial charge on any atom is 0.143 e. The Hall–Kier alpha value is -2.42. The SMILES string of the molecule is CC(/C=C/c1cn(-c2ccc(C)cc2)cn1)=C\C=O. The lowest BCUT2D eigenvalue weighted by atomic mass is 10.2. The van der Waals surface area contributed by atoms with E-state index in [2.05, 4.69) is 36.2 Å². The fraction of sp³-hybridized carbons (Fsp3) is 0.125. The van der Waals surface area contributed by atoms with Crippen molar-refractivity contribution in [2.45, 2.75) is 13.8 Å². The van der Waals surface area contributed by atoms with Crippen LogP contribution in [0.1, 0.15) is 18.2 Å². The summed E-state index contributed by atoms with van der Waals surface area (Å²) in [6.45, 7) is 3.94. The zero-order valence-electron chi connectivity index (χ0n) is 11.1. The molecule has 0 saturated heterocycles. The van der Waals surface area contributed by atoms with E-state index in [9.17, 15) is 4.79 Å². The number of hydrogen-bond acceptors (Lipinski definition) is 2. The van der Waals surface area contributed by atoms with E-state index in [0.29, 0.717) is 0 Å². The molecule has 0 aliphatic rings. The van der Waals surface area contributed by atoms with E-state index in [-0.39, 0.29) is 0 Å². The predicted molar refractivity (Wildman–Crippen MR) is 77.2 cm³/mol. The van der Waals surface area contributed by atoms with Crippen LogP contribution in [-0.4, -0.2) is 15.8 Å². The first kappa shape index (κ1) is 13.0. The van der Waals surface area contributed by atoms with Crippen LogP contribution < -0.4 is 0 Å². The second kappa shape index (κ2) is 5.96. The van der Waals surface area contributed by atoms with E-state index in [0.717, 1.165) is 23.2 Å². The summed E-state index contributed by atoms with van der Waals surface area (Å²) < 4.78 is 1.97. The summed E-state index contributed by atoms with van der Waals surface area (Å²) >= 11 is 0. The number of nitrogens with zero attached hydrogens (tertiary/aromatic N) is 2. The normalized spacial score (nSPS) is 12.0. The highest BCUT2D eigenvalue weighted by Gasteiger charge is 1.98. The Balaban J connectivity index is 2.17. The summed E-state index contributed by atoms with van der Waals surface area (Å²) in [4.78, 5) is 14.6. The van der Waals surface area contributed by atoms with Crippen molar-refractivity contribution < 1.29 is 4.79 Å². The van der Waals surface area contributed by atoms with Gasteiger partial charge in [0.05, 0.1) is 12.0 Å². The number of benzene rings is 1. The van der Waals surface area contributed by atoms with Gasteiger partial charge in [0.1, 0.15) is 6.29 Å². The fourth-order valence-corrected chi connectivity index (χ4v) is 1.66. The topological polar surface area (TPSA) is 34.9 Å². The molecule has 0 bridgehead atoms. The summed E-state index contributed by atoms with van der Waals surface area (Å²) in [5, 5.41) is 0. The first-order valence-electron chi connectivity index (χ1n) is 6.10. The van der Waals surface area contributed by atoms with E-state index in [1.165, 1.54) is 11.6 Å². The summed E-state index contributed by atoms with van der Waals surface area (Å²) in [6.07, 6.45) is 9.80. The van der Waals surface area contributed by atoms with Gasteiger partial charge in [0.25, 0.3) is 0 Å². The van der Waals surface area contributed by atoms with Crippen LogP contribution in [0.4, 0.5) is 0 Å². The van der Waals surface area contributed by atoms with Crippen LogP contribution in [0.2, 0.25) is 0 Å². The van der Waals surface area contributed by atoms with E-state index in [4.69, 9.17) is 0 Å². The maximum absolute atomic E-state index is 10.3. The van der Waals surface area contributed by atoms with Crippen LogP contribution in [0, 0.1) is 6.92 Å². The minimum atomic E-state index is 0.782. The third-order valence-electron chi connectivity index (χ3n) is 2.78. The van der Waals surface area contributed by atoms with Crippen LogP contribution in [0.5, 0.6) is 0 Å². The largest absolute Gasteiger partial charge is 0.306 e. The van der Waals surface area contributed by atoms with Gasteiger partial charge in [-0.2, -0.15) is 0 Å². The van der Waals surface area contributed by atoms with Crippen LogP contribution in [0.3, 0.4) is 0 Å². The number of hydrogen-bond donors (Lipinski definition) is 0. The highest BCUT2D eigenvalue weighted by molar-refractivity contribution is 5.68. The van der Waals surface area contributed by atoms with Gasteiger partial charge >= 0.3 is 0 Å². The zero-order valence-corrected chi connectivity index (χ0v) is 11.1. The summed E-state index contributed by atoms with van der Waals surface area (Å²) in [5.74, 6) is 0. The molecule has 0 aliphatic heterocycles. The molecule has 2 aromatic rings. The van der Waals surface area contributed by atoms with Gasteiger partial charge in [-0.25, -0.2) is 4.98 Å². The van der Waals surface area contributed by atoms with Gasteiger partial charge in [-0.3, -0.25) is 4.79 Å². The van der Waals surface area contributed by atoms with Crippen molar-refractivity contribution >= 4 is 12.4 Å². The van der Waals surface area contributed by atoms with Gasteiger partial charge in [-0.05, 0) is 43.7 Å². The number of carbonyl (C=O) groups excluding carboxylic acids is 1. The van der Waals surface area contributed by atoms with E-state index >= 15 is 0 Å². The number of rotatable bonds is 4. The third-order valence-corrected chi connectivity index (χ3v) is 2.78. The summed E-state index contributed by atoms with van der Waals surface area (Å²) in [5.41, 5.74) is 4.08. The lowest BCUT2D eigenvalue weighted by Gasteiger charge is -2.01. The molecule has 2 rings (SSSR count). The molecule has 3 nitrogen and oxygen atoms in total. The lowest BCUT2D eigenvalue weighted by Crippen LogP contribution is -1.88. The average molecular weight is 252 g/mol. The average Bonchev–Trinajstić information content (AvgIpc) is 2.86. The standard InChI is InChI=1S/C16H16N2O/c1-13-4-7-16(8-5-13)18-11-15(17-12-18)6-3-14(2)9-10-19/h3-12H,1-2H3/b6-3+,14-9+. The van der Waals surface area contributed by atoms with E-state index < -0.39 is 0 Å². The molecule has 0 saturated carbocycles. The molecule has 96 valence electrons. The Morgan fingerprint density at radius 1 is 1.26 bits per heavy atom. The Morgan fingerprint density at radius 2 is 2.00 bits per heavy atom. The summed E-state index contributed by atoms with van der Waals surface area (Å²) in [7, 11) is 0. The van der Waals surface area contributed by atoms with Crippen molar-refractivity contribution in [1.29, 1.82) is 0 Å². The molecule has 1 aromatic heterocycles. The minimum absolute atomic E-state index is 0.782. The van der Waals surface area contributed by atoms with Gasteiger partial charge in [0.15, 0.2) is 0 Å². The molecular weight excluding hydrogens is 236 g/mol. The van der Waals surface area contributed by atoms with Gasteiger partial charge in [0, 0.05) is 11.9 Å².